The van der Waals surface area contributed by atoms with Gasteiger partial charge in [-0.1, -0.05) is 24.3 Å². The molecule has 2 rings (SSSR count). The Morgan fingerprint density at radius 2 is 1.80 bits per heavy atom. The van der Waals surface area contributed by atoms with Gasteiger partial charge < -0.3 is 0 Å². The molecule has 0 atom stereocenters. The third-order valence-electron chi connectivity index (χ3n) is 2.73. The van der Waals surface area contributed by atoms with E-state index in [2.05, 4.69) is 24.3 Å². The van der Waals surface area contributed by atoms with E-state index in [0.29, 0.717) is 5.41 Å². The fourth-order valence-corrected chi connectivity index (χ4v) is 2.05. The van der Waals surface area contributed by atoms with Crippen LogP contribution in [0, 0.1) is 5.41 Å². The lowest BCUT2D eigenvalue weighted by Crippen LogP contribution is -2.15. The van der Waals surface area contributed by atoms with Gasteiger partial charge >= 0.3 is 0 Å². The number of allylic oxidation sites excluding steroid dienone is 4. The van der Waals surface area contributed by atoms with Gasteiger partial charge in [-0.05, 0) is 37.5 Å². The van der Waals surface area contributed by atoms with Crippen LogP contribution in [-0.4, -0.2) is 0 Å². The maximum absolute atomic E-state index is 2.44. The van der Waals surface area contributed by atoms with E-state index in [1.54, 1.807) is 0 Å². The molecule has 1 spiro atoms. The topological polar surface area (TPSA) is 0 Å². The maximum Gasteiger partial charge on any atom is -0.00492 e. The van der Waals surface area contributed by atoms with Crippen molar-refractivity contribution in [1.82, 2.24) is 0 Å². The average molecular weight is 134 g/mol. The normalized spacial score (nSPS) is 28.0. The van der Waals surface area contributed by atoms with Crippen LogP contribution >= 0.6 is 0 Å². The van der Waals surface area contributed by atoms with E-state index in [0.717, 1.165) is 0 Å². The Balaban J connectivity index is 2.14. The van der Waals surface area contributed by atoms with E-state index in [9.17, 15) is 0 Å². The van der Waals surface area contributed by atoms with Crippen molar-refractivity contribution in [2.24, 2.45) is 5.41 Å². The van der Waals surface area contributed by atoms with E-state index in [1.807, 2.05) is 0 Å². The molecule has 0 heterocycles. The molecule has 0 bridgehead atoms. The largest absolute Gasteiger partial charge is 0.0880 e. The van der Waals surface area contributed by atoms with Gasteiger partial charge in [0.2, 0.25) is 0 Å². The zero-order chi connectivity index (χ0) is 6.86. The molecule has 0 heteroatoms. The summed E-state index contributed by atoms with van der Waals surface area (Å²) in [6.45, 7) is 0. The first kappa shape index (κ1) is 6.21. The van der Waals surface area contributed by atoms with Crippen LogP contribution in [0.2, 0.25) is 0 Å². The molecule has 10 heavy (non-hydrogen) atoms. The highest BCUT2D eigenvalue weighted by atomic mass is 14.3. The van der Waals surface area contributed by atoms with Gasteiger partial charge in [-0.2, -0.15) is 0 Å². The first-order chi connectivity index (χ1) is 4.91. The minimum absolute atomic E-state index is 0.582. The summed E-state index contributed by atoms with van der Waals surface area (Å²) in [5.41, 5.74) is 0.582. The Kier molecular flexibility index (Phi) is 1.40. The smallest absolute Gasteiger partial charge is 0.00492 e. The van der Waals surface area contributed by atoms with Crippen molar-refractivity contribution in [3.8, 4) is 0 Å². The molecular weight excluding hydrogens is 120 g/mol. The van der Waals surface area contributed by atoms with Crippen LogP contribution < -0.4 is 0 Å². The molecule has 0 unspecified atom stereocenters. The molecule has 0 fully saturated rings. The van der Waals surface area contributed by atoms with Gasteiger partial charge in [-0.15, -0.1) is 0 Å². The molecule has 0 aromatic rings. The predicted octanol–water partition coefficient (Wildman–Crippen LogP) is 3.06. The molecule has 0 amide bonds. The summed E-state index contributed by atoms with van der Waals surface area (Å²) in [5.74, 6) is 0. The summed E-state index contributed by atoms with van der Waals surface area (Å²) in [4.78, 5) is 0. The van der Waals surface area contributed by atoms with Crippen LogP contribution in [0.15, 0.2) is 24.3 Å². The molecule has 2 aliphatic carbocycles. The highest BCUT2D eigenvalue weighted by Gasteiger charge is 2.28. The fourth-order valence-electron chi connectivity index (χ4n) is 2.05. The zero-order valence-corrected chi connectivity index (χ0v) is 6.34. The predicted molar refractivity (Wildman–Crippen MR) is 43.8 cm³/mol. The van der Waals surface area contributed by atoms with E-state index >= 15 is 0 Å². The minimum atomic E-state index is 0.582. The maximum atomic E-state index is 2.44. The van der Waals surface area contributed by atoms with Crippen molar-refractivity contribution in [2.45, 2.75) is 32.1 Å². The summed E-state index contributed by atoms with van der Waals surface area (Å²) in [7, 11) is 0. The second-order valence-corrected chi connectivity index (χ2v) is 3.54. The lowest BCUT2D eigenvalue weighted by Gasteiger charge is -2.27. The zero-order valence-electron chi connectivity index (χ0n) is 6.34. The van der Waals surface area contributed by atoms with Gasteiger partial charge in [0.1, 0.15) is 0 Å². The molecule has 0 aromatic carbocycles. The van der Waals surface area contributed by atoms with Gasteiger partial charge in [0.25, 0.3) is 0 Å². The first-order valence-electron chi connectivity index (χ1n) is 4.24. The average Bonchev–Trinajstić information content (AvgIpc) is 2.39. The van der Waals surface area contributed by atoms with Crippen molar-refractivity contribution in [2.75, 3.05) is 0 Å². The molecule has 54 valence electrons. The van der Waals surface area contributed by atoms with Gasteiger partial charge in [-0.25, -0.2) is 0 Å². The van der Waals surface area contributed by atoms with E-state index in [-0.39, 0.29) is 0 Å². The van der Waals surface area contributed by atoms with Crippen LogP contribution in [0.1, 0.15) is 32.1 Å². The summed E-state index contributed by atoms with van der Waals surface area (Å²) in [5, 5.41) is 0. The van der Waals surface area contributed by atoms with Crippen molar-refractivity contribution < 1.29 is 0 Å². The minimum Gasteiger partial charge on any atom is -0.0880 e. The summed E-state index contributed by atoms with van der Waals surface area (Å²) in [6.07, 6.45) is 16.2. The van der Waals surface area contributed by atoms with Gasteiger partial charge in [0.15, 0.2) is 0 Å². The van der Waals surface area contributed by atoms with Gasteiger partial charge in [0, 0.05) is 0 Å². The third-order valence-corrected chi connectivity index (χ3v) is 2.73. The lowest BCUT2D eigenvalue weighted by atomic mass is 9.77. The highest BCUT2D eigenvalue weighted by Crippen LogP contribution is 2.41. The first-order valence-corrected chi connectivity index (χ1v) is 4.24. The lowest BCUT2D eigenvalue weighted by molar-refractivity contribution is 0.352. The molecule has 2 aliphatic rings. The Morgan fingerprint density at radius 1 is 1.00 bits per heavy atom. The monoisotopic (exact) mass is 134 g/mol. The molecule has 0 saturated heterocycles. The second-order valence-electron chi connectivity index (χ2n) is 3.54. The second kappa shape index (κ2) is 2.26. The van der Waals surface area contributed by atoms with Gasteiger partial charge in [-0.3, -0.25) is 0 Å². The Labute approximate surface area is 62.6 Å². The summed E-state index contributed by atoms with van der Waals surface area (Å²) in [6, 6.07) is 0. The summed E-state index contributed by atoms with van der Waals surface area (Å²) < 4.78 is 0. The van der Waals surface area contributed by atoms with Crippen LogP contribution in [0.5, 0.6) is 0 Å². The molecule has 0 aromatic heterocycles. The number of hydrogen-bond acceptors (Lipinski definition) is 0. The standard InChI is InChI=1S/C10H14/c1-2-6-10(7-3-1)8-4-5-9-10/h2,4-6H,1,3,7-9H2. The van der Waals surface area contributed by atoms with Crippen LogP contribution in [-0.2, 0) is 0 Å². The van der Waals surface area contributed by atoms with Crippen LogP contribution in [0.4, 0.5) is 0 Å². The van der Waals surface area contributed by atoms with E-state index in [1.165, 1.54) is 32.1 Å². The van der Waals surface area contributed by atoms with Crippen molar-refractivity contribution in [3.05, 3.63) is 24.3 Å². The molecule has 0 radical (unpaired) electrons. The Hall–Kier alpha value is -0.520. The van der Waals surface area contributed by atoms with E-state index in [4.69, 9.17) is 0 Å². The Morgan fingerprint density at radius 3 is 2.40 bits per heavy atom. The molecule has 0 saturated carbocycles. The SMILES string of the molecule is C1=CC2(CC=CC2)CCC1. The van der Waals surface area contributed by atoms with Gasteiger partial charge in [0.05, 0.1) is 0 Å². The van der Waals surface area contributed by atoms with E-state index < -0.39 is 0 Å². The molecule has 0 aliphatic heterocycles. The number of hydrogen-bond donors (Lipinski definition) is 0. The molecule has 0 nitrogen and oxygen atoms in total. The highest BCUT2D eigenvalue weighted by molar-refractivity contribution is 5.14. The number of rotatable bonds is 0. The molecular formula is C10H14. The quantitative estimate of drug-likeness (QED) is 0.447. The third kappa shape index (κ3) is 0.920. The van der Waals surface area contributed by atoms with Crippen molar-refractivity contribution in [1.29, 1.82) is 0 Å². The van der Waals surface area contributed by atoms with Crippen molar-refractivity contribution >= 4 is 0 Å². The van der Waals surface area contributed by atoms with Crippen molar-refractivity contribution in [3.63, 3.8) is 0 Å². The Bertz CT molecular complexity index is 166. The fraction of sp³-hybridized carbons (Fsp3) is 0.600. The molecule has 0 N–H and O–H groups in total. The van der Waals surface area contributed by atoms with Crippen LogP contribution in [0.25, 0.3) is 0 Å². The summed E-state index contributed by atoms with van der Waals surface area (Å²) >= 11 is 0. The van der Waals surface area contributed by atoms with Crippen LogP contribution in [0.3, 0.4) is 0 Å².